The van der Waals surface area contributed by atoms with Crippen molar-refractivity contribution < 1.29 is 22.7 Å². The maximum absolute atomic E-state index is 12.9. The van der Waals surface area contributed by atoms with Gasteiger partial charge in [0.2, 0.25) is 16.1 Å². The van der Waals surface area contributed by atoms with Gasteiger partial charge in [-0.2, -0.15) is 5.10 Å². The van der Waals surface area contributed by atoms with Crippen molar-refractivity contribution in [3.05, 3.63) is 78.4 Å². The van der Waals surface area contributed by atoms with Gasteiger partial charge in [0.05, 0.1) is 17.0 Å². The molecule has 0 radical (unpaired) electrons. The number of benzene rings is 3. The summed E-state index contributed by atoms with van der Waals surface area (Å²) in [5.41, 5.74) is 1.70. The molecule has 1 atom stereocenters. The number of rotatable bonds is 6. The van der Waals surface area contributed by atoms with E-state index in [4.69, 9.17) is 9.47 Å². The lowest BCUT2D eigenvalue weighted by atomic mass is 10.2. The number of aromatic nitrogens is 2. The highest BCUT2D eigenvalue weighted by Crippen LogP contribution is 2.31. The van der Waals surface area contributed by atoms with Gasteiger partial charge in [-0.05, 0) is 42.0 Å². The number of anilines is 1. The number of carbonyl (C=O) groups is 1. The molecule has 1 amide bonds. The van der Waals surface area contributed by atoms with Crippen molar-refractivity contribution >= 4 is 32.7 Å². The molecule has 180 valence electrons. The highest BCUT2D eigenvalue weighted by atomic mass is 32.2. The van der Waals surface area contributed by atoms with E-state index in [9.17, 15) is 13.2 Å². The summed E-state index contributed by atoms with van der Waals surface area (Å²) < 4.78 is 39.1. The van der Waals surface area contributed by atoms with E-state index in [1.54, 1.807) is 41.1 Å². The van der Waals surface area contributed by atoms with E-state index in [1.165, 1.54) is 18.4 Å². The fourth-order valence-corrected chi connectivity index (χ4v) is 4.74. The fourth-order valence-electron chi connectivity index (χ4n) is 3.84. The van der Waals surface area contributed by atoms with Gasteiger partial charge in [0.15, 0.2) is 17.3 Å². The molecule has 1 aromatic heterocycles. The van der Waals surface area contributed by atoms with Crippen LogP contribution >= 0.6 is 0 Å². The molecular formula is C25H24N4O5S. The van der Waals surface area contributed by atoms with Gasteiger partial charge in [0.25, 0.3) is 5.91 Å². The second kappa shape index (κ2) is 9.05. The van der Waals surface area contributed by atoms with Crippen molar-refractivity contribution in [3.8, 4) is 11.5 Å². The molecule has 0 fully saturated rings. The standard InChI is InChI=1S/C25H24N4O5S/c1-28(2)35(31,32)18-13-11-17(12-14-18)15-29-20-8-4-3-7-19(20)24(27-29)26-25(30)23-16-33-21-9-5-6-10-22(21)34-23/h3-14,23H,15-16H2,1-2H3,(H,26,27,30). The van der Waals surface area contributed by atoms with Crippen LogP contribution in [-0.4, -0.2) is 55.2 Å². The molecule has 1 N–H and O–H groups in total. The van der Waals surface area contributed by atoms with Crippen LogP contribution in [0.4, 0.5) is 5.82 Å². The van der Waals surface area contributed by atoms with Gasteiger partial charge < -0.3 is 14.8 Å². The SMILES string of the molecule is CN(C)S(=O)(=O)c1ccc(Cn2nc(NC(=O)C3COc4ccccc4O3)c3ccccc32)cc1. The number of para-hydroxylation sites is 3. The van der Waals surface area contributed by atoms with E-state index in [0.717, 1.165) is 16.5 Å². The number of nitrogens with zero attached hydrogens (tertiary/aromatic N) is 3. The third kappa shape index (κ3) is 4.45. The average Bonchev–Trinajstić information content (AvgIpc) is 3.21. The number of fused-ring (bicyclic) bond motifs is 2. The first-order valence-electron chi connectivity index (χ1n) is 11.0. The predicted octanol–water partition coefficient (Wildman–Crippen LogP) is 3.11. The van der Waals surface area contributed by atoms with Gasteiger partial charge in [0, 0.05) is 19.5 Å². The van der Waals surface area contributed by atoms with E-state index in [0.29, 0.717) is 23.9 Å². The molecule has 0 spiro atoms. The molecule has 9 nitrogen and oxygen atoms in total. The number of ether oxygens (including phenoxy) is 2. The lowest BCUT2D eigenvalue weighted by molar-refractivity contribution is -0.125. The average molecular weight is 493 g/mol. The smallest absolute Gasteiger partial charge is 0.270 e. The summed E-state index contributed by atoms with van der Waals surface area (Å²) in [4.78, 5) is 13.2. The summed E-state index contributed by atoms with van der Waals surface area (Å²) >= 11 is 0. The first-order valence-corrected chi connectivity index (χ1v) is 12.4. The Kier molecular flexibility index (Phi) is 5.91. The summed E-state index contributed by atoms with van der Waals surface area (Å²) in [5, 5.41) is 8.28. The van der Waals surface area contributed by atoms with Crippen LogP contribution in [0.3, 0.4) is 0 Å². The number of hydrogen-bond acceptors (Lipinski definition) is 6. The molecule has 10 heteroatoms. The Balaban J connectivity index is 1.37. The van der Waals surface area contributed by atoms with E-state index in [1.807, 2.05) is 36.4 Å². The molecule has 0 bridgehead atoms. The van der Waals surface area contributed by atoms with Crippen LogP contribution in [0.15, 0.2) is 77.7 Å². The third-order valence-corrected chi connectivity index (χ3v) is 7.56. The van der Waals surface area contributed by atoms with Gasteiger partial charge in [-0.25, -0.2) is 12.7 Å². The lowest BCUT2D eigenvalue weighted by Crippen LogP contribution is -2.40. The van der Waals surface area contributed by atoms with Crippen molar-refractivity contribution in [1.82, 2.24) is 14.1 Å². The van der Waals surface area contributed by atoms with Crippen LogP contribution < -0.4 is 14.8 Å². The molecule has 0 saturated heterocycles. The molecule has 0 saturated carbocycles. The van der Waals surface area contributed by atoms with E-state index in [2.05, 4.69) is 10.4 Å². The highest BCUT2D eigenvalue weighted by molar-refractivity contribution is 7.89. The van der Waals surface area contributed by atoms with Crippen LogP contribution in [0, 0.1) is 0 Å². The number of amides is 1. The topological polar surface area (TPSA) is 103 Å². The minimum atomic E-state index is -3.50. The molecule has 1 aliphatic rings. The molecule has 4 aromatic rings. The zero-order chi connectivity index (χ0) is 24.6. The lowest BCUT2D eigenvalue weighted by Gasteiger charge is -2.25. The Morgan fingerprint density at radius 2 is 1.71 bits per heavy atom. The summed E-state index contributed by atoms with van der Waals surface area (Å²) in [7, 11) is -0.502. The zero-order valence-electron chi connectivity index (χ0n) is 19.2. The van der Waals surface area contributed by atoms with Crippen LogP contribution in [0.5, 0.6) is 11.5 Å². The highest BCUT2D eigenvalue weighted by Gasteiger charge is 2.28. The van der Waals surface area contributed by atoms with Crippen molar-refractivity contribution in [2.75, 3.05) is 26.0 Å². The summed E-state index contributed by atoms with van der Waals surface area (Å²) in [6.45, 7) is 0.499. The fraction of sp³-hybridized carbons (Fsp3) is 0.200. The zero-order valence-corrected chi connectivity index (χ0v) is 20.0. The van der Waals surface area contributed by atoms with Crippen LogP contribution in [-0.2, 0) is 21.4 Å². The maximum atomic E-state index is 12.9. The van der Waals surface area contributed by atoms with Crippen molar-refractivity contribution in [1.29, 1.82) is 0 Å². The number of nitrogens with one attached hydrogen (secondary N) is 1. The maximum Gasteiger partial charge on any atom is 0.270 e. The number of carbonyl (C=O) groups excluding carboxylic acids is 1. The van der Waals surface area contributed by atoms with Gasteiger partial charge in [-0.3, -0.25) is 9.48 Å². The van der Waals surface area contributed by atoms with Gasteiger partial charge in [-0.1, -0.05) is 36.4 Å². The Morgan fingerprint density at radius 1 is 1.03 bits per heavy atom. The molecule has 0 aliphatic carbocycles. The van der Waals surface area contributed by atoms with E-state index >= 15 is 0 Å². The molecule has 1 unspecified atom stereocenters. The molecular weight excluding hydrogens is 468 g/mol. The first-order chi connectivity index (χ1) is 16.8. The van der Waals surface area contributed by atoms with Gasteiger partial charge >= 0.3 is 0 Å². The number of sulfonamides is 1. The molecule has 2 heterocycles. The molecule has 3 aromatic carbocycles. The summed E-state index contributed by atoms with van der Waals surface area (Å²) in [6.07, 6.45) is -0.806. The second-order valence-corrected chi connectivity index (χ2v) is 10.5. The Hall–Kier alpha value is -3.89. The van der Waals surface area contributed by atoms with Crippen molar-refractivity contribution in [2.24, 2.45) is 0 Å². The number of hydrogen-bond donors (Lipinski definition) is 1. The monoisotopic (exact) mass is 492 g/mol. The molecule has 1 aliphatic heterocycles. The summed E-state index contributed by atoms with van der Waals surface area (Å²) in [6, 6.07) is 21.5. The van der Waals surface area contributed by atoms with Crippen molar-refractivity contribution in [2.45, 2.75) is 17.5 Å². The van der Waals surface area contributed by atoms with Crippen LogP contribution in [0.1, 0.15) is 5.56 Å². The first kappa shape index (κ1) is 22.9. The van der Waals surface area contributed by atoms with Crippen molar-refractivity contribution in [3.63, 3.8) is 0 Å². The van der Waals surface area contributed by atoms with Gasteiger partial charge in [0.1, 0.15) is 6.61 Å². The second-order valence-electron chi connectivity index (χ2n) is 8.31. The molecule has 35 heavy (non-hydrogen) atoms. The Bertz CT molecular complexity index is 1500. The Morgan fingerprint density at radius 3 is 2.46 bits per heavy atom. The minimum absolute atomic E-state index is 0.101. The quantitative estimate of drug-likeness (QED) is 0.444. The normalized spacial score (nSPS) is 15.3. The molecule has 5 rings (SSSR count). The minimum Gasteiger partial charge on any atom is -0.485 e. The predicted molar refractivity (Wildman–Crippen MR) is 131 cm³/mol. The van der Waals surface area contributed by atoms with E-state index in [-0.39, 0.29) is 17.4 Å². The van der Waals surface area contributed by atoms with Gasteiger partial charge in [-0.15, -0.1) is 0 Å². The third-order valence-electron chi connectivity index (χ3n) is 5.73. The summed E-state index contributed by atoms with van der Waals surface area (Å²) in [5.74, 6) is 1.19. The van der Waals surface area contributed by atoms with Crippen LogP contribution in [0.25, 0.3) is 10.9 Å². The van der Waals surface area contributed by atoms with Crippen LogP contribution in [0.2, 0.25) is 0 Å². The van der Waals surface area contributed by atoms with E-state index < -0.39 is 16.1 Å². The Labute approximate surface area is 202 Å². The largest absolute Gasteiger partial charge is 0.485 e.